The van der Waals surface area contributed by atoms with Crippen molar-refractivity contribution >= 4 is 11.6 Å². The van der Waals surface area contributed by atoms with E-state index in [1.807, 2.05) is 6.07 Å². The molecule has 0 unspecified atom stereocenters. The molecule has 0 radical (unpaired) electrons. The fraction of sp³-hybridized carbons (Fsp3) is 0.391. The van der Waals surface area contributed by atoms with Gasteiger partial charge in [0, 0.05) is 25.9 Å². The molecule has 0 N–H and O–H groups in total. The standard InChI is InChI=1S/C23H29N3O/c1-15-8-11-20-24-22(19(26(20)14-15)13-21(27)25(6)7)17-10-9-16(2)18(12-17)23(3,4)5/h8-12,14H,13H2,1-7H3. The van der Waals surface area contributed by atoms with Gasteiger partial charge >= 0.3 is 0 Å². The van der Waals surface area contributed by atoms with Crippen molar-refractivity contribution in [2.75, 3.05) is 14.1 Å². The molecule has 0 aliphatic carbocycles. The summed E-state index contributed by atoms with van der Waals surface area (Å²) in [4.78, 5) is 19.0. The molecule has 0 saturated carbocycles. The van der Waals surface area contributed by atoms with Crippen molar-refractivity contribution in [1.29, 1.82) is 0 Å². The van der Waals surface area contributed by atoms with Gasteiger partial charge in [0.15, 0.2) is 0 Å². The minimum absolute atomic E-state index is 0.0511. The zero-order chi connectivity index (χ0) is 19.9. The highest BCUT2D eigenvalue weighted by molar-refractivity contribution is 5.81. The molecule has 0 spiro atoms. The highest BCUT2D eigenvalue weighted by Gasteiger charge is 2.21. The minimum atomic E-state index is 0.0511. The van der Waals surface area contributed by atoms with E-state index in [4.69, 9.17) is 4.98 Å². The molecule has 142 valence electrons. The van der Waals surface area contributed by atoms with Crippen LogP contribution in [0.25, 0.3) is 16.9 Å². The van der Waals surface area contributed by atoms with Gasteiger partial charge in [-0.25, -0.2) is 4.98 Å². The minimum Gasteiger partial charge on any atom is -0.348 e. The zero-order valence-electron chi connectivity index (χ0n) is 17.4. The number of amides is 1. The van der Waals surface area contributed by atoms with Crippen LogP contribution in [0.4, 0.5) is 0 Å². The third kappa shape index (κ3) is 3.75. The first-order chi connectivity index (χ1) is 12.6. The van der Waals surface area contributed by atoms with E-state index in [9.17, 15) is 4.79 Å². The number of nitrogens with zero attached hydrogens (tertiary/aromatic N) is 3. The Bertz CT molecular complexity index is 1010. The summed E-state index contributed by atoms with van der Waals surface area (Å²) in [5.41, 5.74) is 7.54. The number of aryl methyl sites for hydroxylation is 2. The van der Waals surface area contributed by atoms with E-state index in [1.54, 1.807) is 19.0 Å². The van der Waals surface area contributed by atoms with E-state index in [-0.39, 0.29) is 11.3 Å². The number of hydrogen-bond acceptors (Lipinski definition) is 2. The van der Waals surface area contributed by atoms with E-state index in [2.05, 4.69) is 69.5 Å². The highest BCUT2D eigenvalue weighted by Crippen LogP contribution is 2.32. The van der Waals surface area contributed by atoms with Crippen LogP contribution in [0.3, 0.4) is 0 Å². The molecular formula is C23H29N3O. The lowest BCUT2D eigenvalue weighted by atomic mass is 9.83. The van der Waals surface area contributed by atoms with Crippen LogP contribution in [0.15, 0.2) is 36.5 Å². The summed E-state index contributed by atoms with van der Waals surface area (Å²) in [5, 5.41) is 0. The van der Waals surface area contributed by atoms with Crippen molar-refractivity contribution < 1.29 is 4.79 Å². The summed E-state index contributed by atoms with van der Waals surface area (Å²) in [6, 6.07) is 10.6. The van der Waals surface area contributed by atoms with Gasteiger partial charge in [0.2, 0.25) is 5.91 Å². The third-order valence-corrected chi connectivity index (χ3v) is 5.00. The molecule has 0 fully saturated rings. The molecule has 27 heavy (non-hydrogen) atoms. The molecule has 0 aliphatic heterocycles. The van der Waals surface area contributed by atoms with Crippen LogP contribution in [0.5, 0.6) is 0 Å². The Labute approximate surface area is 161 Å². The largest absolute Gasteiger partial charge is 0.348 e. The fourth-order valence-electron chi connectivity index (χ4n) is 3.48. The van der Waals surface area contributed by atoms with Crippen LogP contribution in [0.1, 0.15) is 43.2 Å². The highest BCUT2D eigenvalue weighted by atomic mass is 16.2. The zero-order valence-corrected chi connectivity index (χ0v) is 17.4. The number of aromatic nitrogens is 2. The van der Waals surface area contributed by atoms with Gasteiger partial charge < -0.3 is 9.30 Å². The van der Waals surface area contributed by atoms with E-state index < -0.39 is 0 Å². The van der Waals surface area contributed by atoms with Crippen LogP contribution < -0.4 is 0 Å². The number of carbonyl (C=O) groups excluding carboxylic acids is 1. The van der Waals surface area contributed by atoms with Gasteiger partial charge in [0.25, 0.3) is 0 Å². The lowest BCUT2D eigenvalue weighted by Gasteiger charge is -2.22. The van der Waals surface area contributed by atoms with Gasteiger partial charge in [-0.1, -0.05) is 39.0 Å². The Morgan fingerprint density at radius 3 is 2.44 bits per heavy atom. The molecule has 1 amide bonds. The number of fused-ring (bicyclic) bond motifs is 1. The number of benzene rings is 1. The summed E-state index contributed by atoms with van der Waals surface area (Å²) in [6.45, 7) is 10.9. The van der Waals surface area contributed by atoms with Crippen molar-refractivity contribution in [2.24, 2.45) is 0 Å². The SMILES string of the molecule is Cc1ccc2nc(-c3ccc(C)c(C(C)(C)C)c3)c(CC(=O)N(C)C)n2c1. The van der Waals surface area contributed by atoms with Gasteiger partial charge in [-0.3, -0.25) is 4.79 Å². The first-order valence-corrected chi connectivity index (χ1v) is 9.37. The first-order valence-electron chi connectivity index (χ1n) is 9.37. The molecule has 0 bridgehead atoms. The van der Waals surface area contributed by atoms with Crippen molar-refractivity contribution in [3.63, 3.8) is 0 Å². The third-order valence-electron chi connectivity index (χ3n) is 5.00. The maximum absolute atomic E-state index is 12.5. The Morgan fingerprint density at radius 1 is 1.11 bits per heavy atom. The van der Waals surface area contributed by atoms with Crippen LogP contribution in [0, 0.1) is 13.8 Å². The molecular weight excluding hydrogens is 334 g/mol. The number of pyridine rings is 1. The molecule has 0 aliphatic rings. The quantitative estimate of drug-likeness (QED) is 0.685. The maximum atomic E-state index is 12.5. The second-order valence-electron chi connectivity index (χ2n) is 8.59. The molecule has 3 rings (SSSR count). The molecule has 0 saturated heterocycles. The van der Waals surface area contributed by atoms with Gasteiger partial charge in [0.05, 0.1) is 17.8 Å². The van der Waals surface area contributed by atoms with Crippen molar-refractivity contribution in [3.8, 4) is 11.3 Å². The monoisotopic (exact) mass is 363 g/mol. The molecule has 4 nitrogen and oxygen atoms in total. The Morgan fingerprint density at radius 2 is 1.81 bits per heavy atom. The van der Waals surface area contributed by atoms with Gasteiger partial charge in [-0.15, -0.1) is 0 Å². The molecule has 3 aromatic rings. The van der Waals surface area contributed by atoms with E-state index >= 15 is 0 Å². The summed E-state index contributed by atoms with van der Waals surface area (Å²) in [7, 11) is 3.58. The Hall–Kier alpha value is -2.62. The average molecular weight is 364 g/mol. The van der Waals surface area contributed by atoms with Crippen LogP contribution in [-0.2, 0) is 16.6 Å². The summed E-state index contributed by atoms with van der Waals surface area (Å²) >= 11 is 0. The van der Waals surface area contributed by atoms with Crippen LogP contribution in [0.2, 0.25) is 0 Å². The maximum Gasteiger partial charge on any atom is 0.228 e. The van der Waals surface area contributed by atoms with E-state index in [0.717, 1.165) is 28.2 Å². The molecule has 1 aromatic carbocycles. The number of likely N-dealkylation sites (N-methyl/N-ethyl adjacent to an activating group) is 1. The lowest BCUT2D eigenvalue weighted by molar-refractivity contribution is -0.128. The predicted octanol–water partition coefficient (Wildman–Crippen LogP) is 4.55. The molecule has 2 heterocycles. The van der Waals surface area contributed by atoms with Gasteiger partial charge in [0.1, 0.15) is 5.65 Å². The Balaban J connectivity index is 2.23. The van der Waals surface area contributed by atoms with Crippen molar-refractivity contribution in [3.05, 3.63) is 58.9 Å². The molecule has 0 atom stereocenters. The van der Waals surface area contributed by atoms with Crippen molar-refractivity contribution in [1.82, 2.24) is 14.3 Å². The number of carbonyl (C=O) groups is 1. The normalized spacial score (nSPS) is 11.8. The van der Waals surface area contributed by atoms with E-state index in [1.165, 1.54) is 11.1 Å². The average Bonchev–Trinajstić information content (AvgIpc) is 2.92. The summed E-state index contributed by atoms with van der Waals surface area (Å²) in [6.07, 6.45) is 2.38. The predicted molar refractivity (Wildman–Crippen MR) is 111 cm³/mol. The fourth-order valence-corrected chi connectivity index (χ4v) is 3.48. The van der Waals surface area contributed by atoms with E-state index in [0.29, 0.717) is 6.42 Å². The summed E-state index contributed by atoms with van der Waals surface area (Å²) < 4.78 is 2.06. The molecule has 4 heteroatoms. The van der Waals surface area contributed by atoms with Gasteiger partial charge in [-0.2, -0.15) is 0 Å². The number of hydrogen-bond donors (Lipinski definition) is 0. The lowest BCUT2D eigenvalue weighted by Crippen LogP contribution is -2.24. The second-order valence-corrected chi connectivity index (χ2v) is 8.59. The summed E-state index contributed by atoms with van der Waals surface area (Å²) in [5.74, 6) is 0.0720. The van der Waals surface area contributed by atoms with Crippen LogP contribution >= 0.6 is 0 Å². The number of imidazole rings is 1. The van der Waals surface area contributed by atoms with Crippen LogP contribution in [-0.4, -0.2) is 34.3 Å². The number of rotatable bonds is 3. The first kappa shape index (κ1) is 19.2. The smallest absolute Gasteiger partial charge is 0.228 e. The second kappa shape index (κ2) is 6.84. The van der Waals surface area contributed by atoms with Crippen molar-refractivity contribution in [2.45, 2.75) is 46.5 Å². The molecule has 2 aromatic heterocycles. The topological polar surface area (TPSA) is 37.6 Å². The van der Waals surface area contributed by atoms with Gasteiger partial charge in [-0.05, 0) is 48.1 Å². The Kier molecular flexibility index (Phi) is 4.85.